The molecule has 0 spiro atoms. The van der Waals surface area contributed by atoms with Crippen LogP contribution in [0.15, 0.2) is 77.6 Å². The first-order valence-electron chi connectivity index (χ1n) is 12.5. The van der Waals surface area contributed by atoms with E-state index >= 15 is 0 Å². The van der Waals surface area contributed by atoms with E-state index in [9.17, 15) is 10.1 Å². The Kier molecular flexibility index (Phi) is 7.97. The highest BCUT2D eigenvalue weighted by molar-refractivity contribution is 5.70. The van der Waals surface area contributed by atoms with Crippen molar-refractivity contribution in [3.05, 3.63) is 111 Å². The van der Waals surface area contributed by atoms with E-state index in [4.69, 9.17) is 9.72 Å². The van der Waals surface area contributed by atoms with Gasteiger partial charge in [0, 0.05) is 12.0 Å². The second-order valence-corrected chi connectivity index (χ2v) is 8.85. The van der Waals surface area contributed by atoms with Crippen molar-refractivity contribution in [2.75, 3.05) is 6.61 Å². The van der Waals surface area contributed by atoms with Gasteiger partial charge in [0.2, 0.25) is 0 Å². The van der Waals surface area contributed by atoms with Gasteiger partial charge >= 0.3 is 0 Å². The Morgan fingerprint density at radius 1 is 0.944 bits per heavy atom. The molecular formula is C31H31N3O2. The molecule has 0 N–H and O–H groups in total. The molecule has 0 aliphatic heterocycles. The average molecular weight is 478 g/mol. The van der Waals surface area contributed by atoms with E-state index in [2.05, 4.69) is 19.9 Å². The summed E-state index contributed by atoms with van der Waals surface area (Å²) in [6, 6.07) is 25.5. The lowest BCUT2D eigenvalue weighted by Crippen LogP contribution is -2.28. The third kappa shape index (κ3) is 5.39. The van der Waals surface area contributed by atoms with Crippen molar-refractivity contribution in [3.63, 3.8) is 0 Å². The normalized spacial score (nSPS) is 10.7. The molecule has 4 aromatic rings. The zero-order valence-electron chi connectivity index (χ0n) is 21.1. The Morgan fingerprint density at radius 2 is 1.67 bits per heavy atom. The van der Waals surface area contributed by atoms with E-state index in [0.717, 1.165) is 58.6 Å². The summed E-state index contributed by atoms with van der Waals surface area (Å²) in [5.41, 5.74) is 5.89. The Morgan fingerprint density at radius 3 is 2.33 bits per heavy atom. The molecule has 0 aliphatic rings. The molecule has 36 heavy (non-hydrogen) atoms. The lowest BCUT2D eigenvalue weighted by Gasteiger charge is -2.16. The largest absolute Gasteiger partial charge is 0.494 e. The van der Waals surface area contributed by atoms with Crippen LogP contribution in [0.2, 0.25) is 0 Å². The summed E-state index contributed by atoms with van der Waals surface area (Å²) in [6.07, 6.45) is 3.11. The molecule has 0 fully saturated rings. The van der Waals surface area contributed by atoms with Gasteiger partial charge < -0.3 is 4.74 Å². The molecule has 0 bridgehead atoms. The molecule has 182 valence electrons. The van der Waals surface area contributed by atoms with Crippen LogP contribution in [-0.4, -0.2) is 16.2 Å². The van der Waals surface area contributed by atoms with E-state index in [1.54, 1.807) is 4.57 Å². The van der Waals surface area contributed by atoms with Crippen molar-refractivity contribution in [2.24, 2.45) is 0 Å². The molecule has 5 nitrogen and oxygen atoms in total. The highest BCUT2D eigenvalue weighted by Gasteiger charge is 2.16. The second kappa shape index (κ2) is 11.5. The van der Waals surface area contributed by atoms with Crippen molar-refractivity contribution < 1.29 is 4.74 Å². The lowest BCUT2D eigenvalue weighted by molar-refractivity contribution is 0.317. The number of benzene rings is 3. The van der Waals surface area contributed by atoms with Gasteiger partial charge in [0.05, 0.1) is 29.6 Å². The first-order valence-corrected chi connectivity index (χ1v) is 12.5. The minimum absolute atomic E-state index is 0.0351. The van der Waals surface area contributed by atoms with Crippen molar-refractivity contribution in [1.29, 1.82) is 5.26 Å². The standard InChI is InChI=1S/C31H31N3O2/c1-4-8-30-29(20-23-11-13-24(14-12-23)28-10-7-6-9-25(28)21-32)31(35)34(22(3)33-30)26-15-17-27(18-16-26)36-19-5-2/h6-7,9-18H,4-5,8,19-20H2,1-3H3. The second-order valence-electron chi connectivity index (χ2n) is 8.85. The monoisotopic (exact) mass is 477 g/mol. The van der Waals surface area contributed by atoms with Crippen molar-refractivity contribution in [3.8, 4) is 28.6 Å². The average Bonchev–Trinajstić information content (AvgIpc) is 2.91. The number of aromatic nitrogens is 2. The van der Waals surface area contributed by atoms with Crippen LogP contribution in [0, 0.1) is 18.3 Å². The number of hydrogen-bond donors (Lipinski definition) is 0. The van der Waals surface area contributed by atoms with Crippen LogP contribution in [0.1, 0.15) is 54.9 Å². The molecule has 0 saturated carbocycles. The predicted molar refractivity (Wildman–Crippen MR) is 144 cm³/mol. The maximum Gasteiger partial charge on any atom is 0.261 e. The molecule has 1 heterocycles. The summed E-state index contributed by atoms with van der Waals surface area (Å²) >= 11 is 0. The van der Waals surface area contributed by atoms with Crippen LogP contribution < -0.4 is 10.3 Å². The van der Waals surface area contributed by atoms with Gasteiger partial charge in [-0.15, -0.1) is 0 Å². The van der Waals surface area contributed by atoms with Crippen LogP contribution in [0.3, 0.4) is 0 Å². The number of nitrogens with zero attached hydrogens (tertiary/aromatic N) is 3. The van der Waals surface area contributed by atoms with Gasteiger partial charge in [-0.25, -0.2) is 4.98 Å². The molecule has 0 unspecified atom stereocenters. The Bertz CT molecular complexity index is 1430. The van der Waals surface area contributed by atoms with Gasteiger partial charge in [0.25, 0.3) is 5.56 Å². The van der Waals surface area contributed by atoms with Crippen LogP contribution in [0.4, 0.5) is 0 Å². The van der Waals surface area contributed by atoms with Crippen molar-refractivity contribution >= 4 is 0 Å². The number of nitriles is 1. The topological polar surface area (TPSA) is 67.9 Å². The van der Waals surface area contributed by atoms with Gasteiger partial charge in [-0.05, 0) is 66.8 Å². The number of hydrogen-bond acceptors (Lipinski definition) is 4. The molecule has 5 heteroatoms. The van der Waals surface area contributed by atoms with Gasteiger partial charge in [0.15, 0.2) is 0 Å². The zero-order valence-corrected chi connectivity index (χ0v) is 21.1. The summed E-state index contributed by atoms with van der Waals surface area (Å²) < 4.78 is 7.39. The number of ether oxygens (including phenoxy) is 1. The van der Waals surface area contributed by atoms with Gasteiger partial charge in [0.1, 0.15) is 11.6 Å². The smallest absolute Gasteiger partial charge is 0.261 e. The summed E-state index contributed by atoms with van der Waals surface area (Å²) in [5, 5.41) is 9.44. The zero-order chi connectivity index (χ0) is 25.5. The maximum atomic E-state index is 13.8. The third-order valence-corrected chi connectivity index (χ3v) is 6.18. The molecule has 4 rings (SSSR count). The van der Waals surface area contributed by atoms with E-state index in [1.165, 1.54) is 0 Å². The fourth-order valence-corrected chi connectivity index (χ4v) is 4.39. The van der Waals surface area contributed by atoms with Crippen LogP contribution in [0.25, 0.3) is 16.8 Å². The Labute approximate surface area is 212 Å². The molecule has 0 radical (unpaired) electrons. The van der Waals surface area contributed by atoms with E-state index in [0.29, 0.717) is 24.4 Å². The minimum atomic E-state index is -0.0351. The van der Waals surface area contributed by atoms with Crippen LogP contribution >= 0.6 is 0 Å². The summed E-state index contributed by atoms with van der Waals surface area (Å²) in [7, 11) is 0. The maximum absolute atomic E-state index is 13.8. The fraction of sp³-hybridized carbons (Fsp3) is 0.258. The predicted octanol–water partition coefficient (Wildman–Crippen LogP) is 6.41. The van der Waals surface area contributed by atoms with Crippen LogP contribution in [0.5, 0.6) is 5.75 Å². The Hall–Kier alpha value is -4.17. The molecule has 0 atom stereocenters. The molecule has 3 aromatic carbocycles. The molecular weight excluding hydrogens is 446 g/mol. The highest BCUT2D eigenvalue weighted by Crippen LogP contribution is 2.24. The number of aryl methyl sites for hydroxylation is 2. The quantitative estimate of drug-likeness (QED) is 0.279. The summed E-state index contributed by atoms with van der Waals surface area (Å²) in [6.45, 7) is 6.72. The highest BCUT2D eigenvalue weighted by atomic mass is 16.5. The fourth-order valence-electron chi connectivity index (χ4n) is 4.39. The van der Waals surface area contributed by atoms with Gasteiger partial charge in [-0.3, -0.25) is 9.36 Å². The molecule has 0 amide bonds. The van der Waals surface area contributed by atoms with Crippen molar-refractivity contribution in [2.45, 2.75) is 46.5 Å². The lowest BCUT2D eigenvalue weighted by atomic mass is 9.97. The molecule has 0 aliphatic carbocycles. The number of rotatable bonds is 9. The van der Waals surface area contributed by atoms with E-state index < -0.39 is 0 Å². The molecule has 1 aromatic heterocycles. The van der Waals surface area contributed by atoms with E-state index in [1.807, 2.05) is 79.7 Å². The summed E-state index contributed by atoms with van der Waals surface area (Å²) in [4.78, 5) is 18.6. The summed E-state index contributed by atoms with van der Waals surface area (Å²) in [5.74, 6) is 1.47. The first kappa shape index (κ1) is 24.9. The first-order chi connectivity index (χ1) is 17.5. The van der Waals surface area contributed by atoms with Gasteiger partial charge in [-0.2, -0.15) is 5.26 Å². The molecule has 0 saturated heterocycles. The van der Waals surface area contributed by atoms with Gasteiger partial charge in [-0.1, -0.05) is 62.7 Å². The van der Waals surface area contributed by atoms with Crippen molar-refractivity contribution in [1.82, 2.24) is 9.55 Å². The SMILES string of the molecule is CCCOc1ccc(-n2c(C)nc(CCC)c(Cc3ccc(-c4ccccc4C#N)cc3)c2=O)cc1. The van der Waals surface area contributed by atoms with Crippen LogP contribution in [-0.2, 0) is 12.8 Å². The third-order valence-electron chi connectivity index (χ3n) is 6.18. The Balaban J connectivity index is 1.69. The van der Waals surface area contributed by atoms with E-state index in [-0.39, 0.29) is 5.56 Å². The minimum Gasteiger partial charge on any atom is -0.494 e.